The Kier molecular flexibility index (Phi) is 9.25. The highest BCUT2D eigenvalue weighted by atomic mass is 16.5. The van der Waals surface area contributed by atoms with Crippen LogP contribution < -0.4 is 15.4 Å². The molecule has 2 N–H and O–H groups in total. The number of hydrogen-bond donors (Lipinski definition) is 2. The first-order valence-electron chi connectivity index (χ1n) is 10.6. The molecule has 0 bridgehead atoms. The molecule has 1 amide bonds. The van der Waals surface area contributed by atoms with Crippen molar-refractivity contribution in [2.24, 2.45) is 4.99 Å². The van der Waals surface area contributed by atoms with Crippen LogP contribution in [0.4, 0.5) is 0 Å². The van der Waals surface area contributed by atoms with Gasteiger partial charge in [-0.1, -0.05) is 12.1 Å². The average Bonchev–Trinajstić information content (AvgIpc) is 3.17. The molecule has 0 radical (unpaired) electrons. The molecule has 0 aliphatic carbocycles. The van der Waals surface area contributed by atoms with Crippen molar-refractivity contribution in [2.75, 3.05) is 47.4 Å². The fourth-order valence-corrected chi connectivity index (χ4v) is 3.65. The third-order valence-electron chi connectivity index (χ3n) is 5.20. The molecule has 1 aromatic rings. The minimum atomic E-state index is 0.0425. The number of carbonyl (C=O) groups excluding carboxylic acids is 1. The Labute approximate surface area is 175 Å². The summed E-state index contributed by atoms with van der Waals surface area (Å²) in [6.45, 7) is 8.22. The van der Waals surface area contributed by atoms with Gasteiger partial charge < -0.3 is 20.3 Å². The standard InChI is InChI=1S/C22H37N5O2/c1-6-23-22(25-16-18-11-10-17(2)15-20(18)29-5)24-12-8-14-27-13-7-9-19(27)21(28)26(3)4/h10-11,15,19H,6-9,12-14,16H2,1-5H3,(H2,23,24,25). The van der Waals surface area contributed by atoms with Gasteiger partial charge in [0.25, 0.3) is 0 Å². The van der Waals surface area contributed by atoms with Crippen molar-refractivity contribution >= 4 is 11.9 Å². The SMILES string of the molecule is CCNC(=NCc1ccc(C)cc1OC)NCCCN1CCCC1C(=O)N(C)C. The predicted molar refractivity (Wildman–Crippen MR) is 118 cm³/mol. The molecule has 1 heterocycles. The highest BCUT2D eigenvalue weighted by Crippen LogP contribution is 2.21. The van der Waals surface area contributed by atoms with Crippen LogP contribution in [-0.2, 0) is 11.3 Å². The van der Waals surface area contributed by atoms with E-state index in [2.05, 4.69) is 41.5 Å². The second-order valence-electron chi connectivity index (χ2n) is 7.72. The maximum Gasteiger partial charge on any atom is 0.239 e. The van der Waals surface area contributed by atoms with Crippen LogP contribution in [0, 0.1) is 6.92 Å². The average molecular weight is 404 g/mol. The molecule has 1 aliphatic heterocycles. The smallest absolute Gasteiger partial charge is 0.239 e. The number of rotatable bonds is 9. The molecule has 0 spiro atoms. The second kappa shape index (κ2) is 11.7. The molecule has 162 valence electrons. The van der Waals surface area contributed by atoms with Gasteiger partial charge in [-0.3, -0.25) is 9.69 Å². The summed E-state index contributed by atoms with van der Waals surface area (Å²) in [5.74, 6) is 1.89. The van der Waals surface area contributed by atoms with Crippen molar-refractivity contribution in [1.82, 2.24) is 20.4 Å². The number of methoxy groups -OCH3 is 1. The maximum atomic E-state index is 12.3. The zero-order chi connectivity index (χ0) is 21.2. The molecule has 0 aromatic heterocycles. The molecule has 2 rings (SSSR count). The minimum absolute atomic E-state index is 0.0425. The van der Waals surface area contributed by atoms with Gasteiger partial charge in [0.05, 0.1) is 19.7 Å². The van der Waals surface area contributed by atoms with Crippen molar-refractivity contribution < 1.29 is 9.53 Å². The number of likely N-dealkylation sites (N-methyl/N-ethyl adjacent to an activating group) is 1. The molecular weight excluding hydrogens is 366 g/mol. The maximum absolute atomic E-state index is 12.3. The Hall–Kier alpha value is -2.28. The fourth-order valence-electron chi connectivity index (χ4n) is 3.65. The van der Waals surface area contributed by atoms with Gasteiger partial charge >= 0.3 is 0 Å². The summed E-state index contributed by atoms with van der Waals surface area (Å²) >= 11 is 0. The van der Waals surface area contributed by atoms with E-state index in [1.54, 1.807) is 12.0 Å². The van der Waals surface area contributed by atoms with E-state index in [4.69, 9.17) is 9.73 Å². The first-order valence-corrected chi connectivity index (χ1v) is 10.6. The first-order chi connectivity index (χ1) is 14.0. The van der Waals surface area contributed by atoms with E-state index in [1.807, 2.05) is 20.2 Å². The first kappa shape index (κ1) is 23.0. The summed E-state index contributed by atoms with van der Waals surface area (Å²) in [5, 5.41) is 6.70. The van der Waals surface area contributed by atoms with E-state index in [-0.39, 0.29) is 11.9 Å². The van der Waals surface area contributed by atoms with E-state index in [1.165, 1.54) is 5.56 Å². The lowest BCUT2D eigenvalue weighted by atomic mass is 10.1. The van der Waals surface area contributed by atoms with Crippen LogP contribution in [0.3, 0.4) is 0 Å². The summed E-state index contributed by atoms with van der Waals surface area (Å²) < 4.78 is 5.47. The summed E-state index contributed by atoms with van der Waals surface area (Å²) in [6, 6.07) is 6.22. The number of benzene rings is 1. The van der Waals surface area contributed by atoms with E-state index in [9.17, 15) is 4.79 Å². The second-order valence-corrected chi connectivity index (χ2v) is 7.72. The van der Waals surface area contributed by atoms with Gasteiger partial charge in [0.1, 0.15) is 5.75 Å². The quantitative estimate of drug-likeness (QED) is 0.375. The number of nitrogens with one attached hydrogen (secondary N) is 2. The Morgan fingerprint density at radius 1 is 1.34 bits per heavy atom. The molecule has 7 nitrogen and oxygen atoms in total. The lowest BCUT2D eigenvalue weighted by Gasteiger charge is -2.26. The summed E-state index contributed by atoms with van der Waals surface area (Å²) in [4.78, 5) is 21.0. The molecule has 1 aliphatic rings. The highest BCUT2D eigenvalue weighted by Gasteiger charge is 2.30. The summed E-state index contributed by atoms with van der Waals surface area (Å²) in [5.41, 5.74) is 2.24. The van der Waals surface area contributed by atoms with E-state index in [0.29, 0.717) is 6.54 Å². The number of guanidine groups is 1. The largest absolute Gasteiger partial charge is 0.496 e. The zero-order valence-electron chi connectivity index (χ0n) is 18.6. The van der Waals surface area contributed by atoms with Gasteiger partial charge in [-0.05, 0) is 51.3 Å². The van der Waals surface area contributed by atoms with Crippen molar-refractivity contribution in [2.45, 2.75) is 45.7 Å². The number of nitrogens with zero attached hydrogens (tertiary/aromatic N) is 3. The topological polar surface area (TPSA) is 69.2 Å². The van der Waals surface area contributed by atoms with Gasteiger partial charge in [-0.2, -0.15) is 0 Å². The van der Waals surface area contributed by atoms with Gasteiger partial charge in [0.15, 0.2) is 5.96 Å². The zero-order valence-corrected chi connectivity index (χ0v) is 18.6. The van der Waals surface area contributed by atoms with Crippen molar-refractivity contribution in [3.63, 3.8) is 0 Å². The van der Waals surface area contributed by atoms with Crippen LogP contribution in [0.1, 0.15) is 37.3 Å². The number of ether oxygens (including phenoxy) is 1. The molecule has 1 saturated heterocycles. The van der Waals surface area contributed by atoms with Crippen LogP contribution in [0.15, 0.2) is 23.2 Å². The number of amides is 1. The van der Waals surface area contributed by atoms with Crippen LogP contribution in [0.2, 0.25) is 0 Å². The third kappa shape index (κ3) is 6.92. The molecule has 1 aromatic carbocycles. The van der Waals surface area contributed by atoms with E-state index >= 15 is 0 Å². The van der Waals surface area contributed by atoms with E-state index in [0.717, 1.165) is 62.7 Å². The number of aliphatic imine (C=N–C) groups is 1. The minimum Gasteiger partial charge on any atom is -0.496 e. The van der Waals surface area contributed by atoms with Crippen LogP contribution in [-0.4, -0.2) is 75.1 Å². The highest BCUT2D eigenvalue weighted by molar-refractivity contribution is 5.81. The molecule has 7 heteroatoms. The Morgan fingerprint density at radius 2 is 2.14 bits per heavy atom. The molecular formula is C22H37N5O2. The number of aryl methyl sites for hydroxylation is 1. The van der Waals surface area contributed by atoms with Crippen molar-refractivity contribution in [3.8, 4) is 5.75 Å². The van der Waals surface area contributed by atoms with Gasteiger partial charge in [-0.25, -0.2) is 4.99 Å². The number of hydrogen-bond acceptors (Lipinski definition) is 4. The van der Waals surface area contributed by atoms with Gasteiger partial charge in [0.2, 0.25) is 5.91 Å². The van der Waals surface area contributed by atoms with Gasteiger partial charge in [-0.15, -0.1) is 0 Å². The monoisotopic (exact) mass is 403 g/mol. The van der Waals surface area contributed by atoms with E-state index < -0.39 is 0 Å². The molecule has 1 fully saturated rings. The Balaban J connectivity index is 1.85. The van der Waals surface area contributed by atoms with Crippen LogP contribution in [0.25, 0.3) is 0 Å². The van der Waals surface area contributed by atoms with Crippen molar-refractivity contribution in [3.05, 3.63) is 29.3 Å². The predicted octanol–water partition coefficient (Wildman–Crippen LogP) is 2.00. The molecule has 29 heavy (non-hydrogen) atoms. The molecule has 0 saturated carbocycles. The lowest BCUT2D eigenvalue weighted by molar-refractivity contribution is -0.133. The van der Waals surface area contributed by atoms with Gasteiger partial charge in [0, 0.05) is 39.3 Å². The summed E-state index contributed by atoms with van der Waals surface area (Å²) in [7, 11) is 5.36. The Morgan fingerprint density at radius 3 is 2.83 bits per heavy atom. The number of carbonyl (C=O) groups is 1. The van der Waals surface area contributed by atoms with Crippen molar-refractivity contribution in [1.29, 1.82) is 0 Å². The molecule has 1 unspecified atom stereocenters. The Bertz CT molecular complexity index is 690. The number of likely N-dealkylation sites (tertiary alicyclic amines) is 1. The normalized spacial score (nSPS) is 17.3. The fraction of sp³-hybridized carbons (Fsp3) is 0.636. The van der Waals surface area contributed by atoms with Crippen LogP contribution in [0.5, 0.6) is 5.75 Å². The lowest BCUT2D eigenvalue weighted by Crippen LogP contribution is -2.44. The summed E-state index contributed by atoms with van der Waals surface area (Å²) in [6.07, 6.45) is 3.03. The molecule has 1 atom stereocenters. The third-order valence-corrected chi connectivity index (χ3v) is 5.20. The van der Waals surface area contributed by atoms with Crippen LogP contribution >= 0.6 is 0 Å².